The van der Waals surface area contributed by atoms with Gasteiger partial charge in [-0.2, -0.15) is 0 Å². The Morgan fingerprint density at radius 1 is 0.455 bits per heavy atom. The van der Waals surface area contributed by atoms with Gasteiger partial charge in [0.2, 0.25) is 0 Å². The van der Waals surface area contributed by atoms with Crippen LogP contribution in [0.15, 0.2) is 84.9 Å². The normalized spacial score (nSPS) is 10.5. The van der Waals surface area contributed by atoms with Gasteiger partial charge in [0, 0.05) is 17.1 Å². The van der Waals surface area contributed by atoms with Gasteiger partial charge in [-0.25, -0.2) is 0 Å². The Bertz CT molecular complexity index is 843. The van der Waals surface area contributed by atoms with E-state index in [1.807, 2.05) is 0 Å². The molecule has 0 heterocycles. The first-order valence-corrected chi connectivity index (χ1v) is 8.14. The Morgan fingerprint density at radius 2 is 0.864 bits per heavy atom. The van der Waals surface area contributed by atoms with Gasteiger partial charge in [0.05, 0.1) is 0 Å². The third kappa shape index (κ3) is 2.81. The van der Waals surface area contributed by atoms with E-state index in [9.17, 15) is 0 Å². The molecule has 0 aliphatic carbocycles. The van der Waals surface area contributed by atoms with E-state index in [1.165, 1.54) is 32.2 Å². The van der Waals surface area contributed by atoms with Crippen molar-refractivity contribution in [3.05, 3.63) is 84.9 Å². The Hall–Kier alpha value is -1.65. The molecule has 22 heavy (non-hydrogen) atoms. The van der Waals surface area contributed by atoms with Gasteiger partial charge in [-0.3, -0.25) is 0 Å². The summed E-state index contributed by atoms with van der Waals surface area (Å²) < 4.78 is 0. The van der Waals surface area contributed by atoms with Crippen LogP contribution in [0, 0.1) is 0 Å². The molecule has 4 aromatic rings. The molecule has 0 spiro atoms. The van der Waals surface area contributed by atoms with Crippen LogP contribution in [0.5, 0.6) is 0 Å². The van der Waals surface area contributed by atoms with Crippen molar-refractivity contribution in [2.45, 2.75) is 0 Å². The third-order valence-electron chi connectivity index (χ3n) is 3.85. The van der Waals surface area contributed by atoms with Crippen LogP contribution in [0.4, 0.5) is 0 Å². The summed E-state index contributed by atoms with van der Waals surface area (Å²) in [6, 6.07) is 30.5. The third-order valence-corrected chi connectivity index (χ3v) is 5.26. The minimum absolute atomic E-state index is 0. The first-order chi connectivity index (χ1) is 10.4. The molecule has 2 heteroatoms. The second-order valence-corrected chi connectivity index (χ2v) is 6.51. The van der Waals surface area contributed by atoms with E-state index in [1.54, 1.807) is 0 Å². The van der Waals surface area contributed by atoms with Gasteiger partial charge in [0.1, 0.15) is 0 Å². The van der Waals surface area contributed by atoms with Gasteiger partial charge in [-0.15, -0.1) is 0 Å². The standard InChI is InChI=1S/C20H15P.Cu/c1-3-11-17-15(7-1)9-5-13-19(17)21-20-14-6-10-16-8-2-4-12-18(16)20;/h1-14,21H;. The summed E-state index contributed by atoms with van der Waals surface area (Å²) in [5.41, 5.74) is 0. The van der Waals surface area contributed by atoms with Crippen LogP contribution in [-0.4, -0.2) is 0 Å². The number of benzene rings is 4. The Kier molecular flexibility index (Phi) is 4.60. The minimum atomic E-state index is 0. The summed E-state index contributed by atoms with van der Waals surface area (Å²) >= 11 is 0. The van der Waals surface area contributed by atoms with Crippen molar-refractivity contribution in [1.82, 2.24) is 0 Å². The van der Waals surface area contributed by atoms with Crippen molar-refractivity contribution < 1.29 is 17.1 Å². The molecule has 0 aliphatic heterocycles. The van der Waals surface area contributed by atoms with Gasteiger partial charge >= 0.3 is 0 Å². The summed E-state index contributed by atoms with van der Waals surface area (Å²) in [7, 11) is 0.684. The summed E-state index contributed by atoms with van der Waals surface area (Å²) in [5.74, 6) is 0. The first kappa shape index (κ1) is 15.3. The first-order valence-electron chi connectivity index (χ1n) is 7.14. The molecule has 0 atom stereocenters. The predicted octanol–water partition coefficient (Wildman–Crippen LogP) is 4.62. The van der Waals surface area contributed by atoms with Crippen LogP contribution in [0.1, 0.15) is 0 Å². The zero-order valence-electron chi connectivity index (χ0n) is 11.9. The molecule has 0 aliphatic rings. The molecule has 0 nitrogen and oxygen atoms in total. The molecule has 4 rings (SSSR count). The predicted molar refractivity (Wildman–Crippen MR) is 95.5 cm³/mol. The maximum Gasteiger partial charge on any atom is 0 e. The Balaban J connectivity index is 0.00000144. The fourth-order valence-electron chi connectivity index (χ4n) is 2.81. The number of hydrogen-bond donors (Lipinski definition) is 0. The van der Waals surface area contributed by atoms with Crippen LogP contribution in [0.2, 0.25) is 0 Å². The van der Waals surface area contributed by atoms with Crippen molar-refractivity contribution in [2.24, 2.45) is 0 Å². The van der Waals surface area contributed by atoms with Crippen molar-refractivity contribution in [3.63, 3.8) is 0 Å². The summed E-state index contributed by atoms with van der Waals surface area (Å²) in [6.07, 6.45) is 0. The number of rotatable bonds is 2. The topological polar surface area (TPSA) is 0 Å². The van der Waals surface area contributed by atoms with Gasteiger partial charge in [0.15, 0.2) is 0 Å². The molecule has 0 saturated heterocycles. The van der Waals surface area contributed by atoms with Crippen molar-refractivity contribution in [2.75, 3.05) is 0 Å². The van der Waals surface area contributed by atoms with E-state index in [2.05, 4.69) is 84.9 Å². The van der Waals surface area contributed by atoms with Crippen LogP contribution in [0.25, 0.3) is 21.5 Å². The quantitative estimate of drug-likeness (QED) is 0.366. The zero-order chi connectivity index (χ0) is 14.1. The molecule has 0 saturated carbocycles. The van der Waals surface area contributed by atoms with Crippen LogP contribution in [-0.2, 0) is 17.1 Å². The summed E-state index contributed by atoms with van der Waals surface area (Å²) in [6.45, 7) is 0. The fourth-order valence-corrected chi connectivity index (χ4v) is 4.19. The molecule has 4 aromatic carbocycles. The minimum Gasteiger partial charge on any atom is -0.0616 e. The van der Waals surface area contributed by atoms with E-state index in [4.69, 9.17) is 0 Å². The van der Waals surface area contributed by atoms with E-state index >= 15 is 0 Å². The second-order valence-electron chi connectivity index (χ2n) is 5.18. The molecule has 111 valence electrons. The maximum atomic E-state index is 2.25. The van der Waals surface area contributed by atoms with Gasteiger partial charge < -0.3 is 0 Å². The average molecular weight is 350 g/mol. The molecule has 0 amide bonds. The number of fused-ring (bicyclic) bond motifs is 2. The molecular weight excluding hydrogens is 335 g/mol. The smallest absolute Gasteiger partial charge is 0 e. The number of hydrogen-bond acceptors (Lipinski definition) is 0. The van der Waals surface area contributed by atoms with Gasteiger partial charge in [-0.1, -0.05) is 93.5 Å². The largest absolute Gasteiger partial charge is 0.0616 e. The Morgan fingerprint density at radius 3 is 1.36 bits per heavy atom. The van der Waals surface area contributed by atoms with Crippen LogP contribution >= 0.6 is 8.58 Å². The van der Waals surface area contributed by atoms with Gasteiger partial charge in [-0.05, 0) is 32.2 Å². The van der Waals surface area contributed by atoms with E-state index in [0.29, 0.717) is 8.58 Å². The fraction of sp³-hybridized carbons (Fsp3) is 0. The molecule has 0 N–H and O–H groups in total. The molecule has 0 aromatic heterocycles. The van der Waals surface area contributed by atoms with Gasteiger partial charge in [0.25, 0.3) is 0 Å². The van der Waals surface area contributed by atoms with Crippen molar-refractivity contribution in [1.29, 1.82) is 0 Å². The molecule has 0 fully saturated rings. The molecule has 0 unspecified atom stereocenters. The van der Waals surface area contributed by atoms with E-state index in [0.717, 1.165) is 0 Å². The summed E-state index contributed by atoms with van der Waals surface area (Å²) in [4.78, 5) is 0. The van der Waals surface area contributed by atoms with Crippen LogP contribution < -0.4 is 10.6 Å². The zero-order valence-corrected chi connectivity index (χ0v) is 13.8. The average Bonchev–Trinajstić information content (AvgIpc) is 2.56. The molecule has 0 bridgehead atoms. The van der Waals surface area contributed by atoms with E-state index < -0.39 is 0 Å². The Labute approximate surface area is 142 Å². The van der Waals surface area contributed by atoms with Crippen molar-refractivity contribution >= 4 is 40.7 Å². The van der Waals surface area contributed by atoms with E-state index in [-0.39, 0.29) is 17.1 Å². The maximum absolute atomic E-state index is 2.25. The molecular formula is C20H15CuP. The monoisotopic (exact) mass is 349 g/mol. The SMILES string of the molecule is [Cu].c1ccc2c(Pc3cccc4ccccc34)cccc2c1. The summed E-state index contributed by atoms with van der Waals surface area (Å²) in [5, 5.41) is 8.22. The molecule has 1 radical (unpaired) electrons. The van der Waals surface area contributed by atoms with Crippen LogP contribution in [0.3, 0.4) is 0 Å². The van der Waals surface area contributed by atoms with Crippen molar-refractivity contribution in [3.8, 4) is 0 Å². The second kappa shape index (κ2) is 6.63.